The van der Waals surface area contributed by atoms with Crippen LogP contribution in [0.5, 0.6) is 0 Å². The molecular weight excluding hydrogens is 418 g/mol. The van der Waals surface area contributed by atoms with E-state index < -0.39 is 17.3 Å². The second-order valence-electron chi connectivity index (χ2n) is 11.4. The fraction of sp³-hybridized carbons (Fsp3) is 0.885. The first kappa shape index (κ1) is 26.1. The third kappa shape index (κ3) is 7.78. The number of rotatable bonds is 11. The molecule has 0 amide bonds. The van der Waals surface area contributed by atoms with E-state index in [1.807, 2.05) is 20.8 Å². The molecule has 1 aromatic rings. The summed E-state index contributed by atoms with van der Waals surface area (Å²) in [5.41, 5.74) is -0.395. The standard InChI is InChI=1S/C26H45N3O4/c1-26(2,3)23(25(30)31)21(12-8-11-18-9-6-5-7-10-18)24-28-22(29-33-24)17-27-19-13-15-20(32-4)16-14-19/h18-21,23,27H,5-17H2,1-4H3,(H,30,31)/t19?,20?,21-,23?/m1/s1. The summed E-state index contributed by atoms with van der Waals surface area (Å²) in [5, 5.41) is 17.9. The summed E-state index contributed by atoms with van der Waals surface area (Å²) in [6.07, 6.45) is 14.3. The second-order valence-corrected chi connectivity index (χ2v) is 11.4. The van der Waals surface area contributed by atoms with Gasteiger partial charge in [-0.05, 0) is 43.4 Å². The second kappa shape index (κ2) is 12.3. The molecule has 7 heteroatoms. The number of aliphatic carboxylic acids is 1. The smallest absolute Gasteiger partial charge is 0.307 e. The normalized spacial score (nSPS) is 24.5. The van der Waals surface area contributed by atoms with E-state index in [-0.39, 0.29) is 5.92 Å². The monoisotopic (exact) mass is 463 g/mol. The van der Waals surface area contributed by atoms with Crippen LogP contribution in [0.4, 0.5) is 0 Å². The van der Waals surface area contributed by atoms with Crippen LogP contribution in [-0.4, -0.2) is 40.5 Å². The van der Waals surface area contributed by atoms with Crippen molar-refractivity contribution < 1.29 is 19.2 Å². The van der Waals surface area contributed by atoms with Gasteiger partial charge in [-0.2, -0.15) is 4.98 Å². The van der Waals surface area contributed by atoms with Crippen molar-refractivity contribution >= 4 is 5.97 Å². The number of carboxylic acid groups (broad SMARTS) is 1. The zero-order valence-electron chi connectivity index (χ0n) is 21.1. The number of aromatic nitrogens is 2. The highest BCUT2D eigenvalue weighted by Gasteiger charge is 2.41. The van der Waals surface area contributed by atoms with Gasteiger partial charge in [-0.25, -0.2) is 0 Å². The predicted molar refractivity (Wildman–Crippen MR) is 128 cm³/mol. The molecule has 2 saturated carbocycles. The van der Waals surface area contributed by atoms with Gasteiger partial charge in [-0.3, -0.25) is 4.79 Å². The van der Waals surface area contributed by atoms with E-state index in [2.05, 4.69) is 15.5 Å². The lowest BCUT2D eigenvalue weighted by molar-refractivity contribution is -0.147. The SMILES string of the molecule is COC1CCC(NCc2noc([C@H](CCCC3CCCCC3)C(C(=O)O)C(C)(C)C)n2)CC1. The van der Waals surface area contributed by atoms with E-state index in [0.29, 0.717) is 30.4 Å². The van der Waals surface area contributed by atoms with Crippen molar-refractivity contribution in [2.75, 3.05) is 7.11 Å². The van der Waals surface area contributed by atoms with Crippen LogP contribution in [0.2, 0.25) is 0 Å². The largest absolute Gasteiger partial charge is 0.481 e. The molecular formula is C26H45N3O4. The van der Waals surface area contributed by atoms with Gasteiger partial charge in [0.1, 0.15) is 0 Å². The molecule has 33 heavy (non-hydrogen) atoms. The van der Waals surface area contributed by atoms with E-state index in [1.54, 1.807) is 7.11 Å². The number of nitrogens with one attached hydrogen (secondary N) is 1. The number of nitrogens with zero attached hydrogens (tertiary/aromatic N) is 2. The van der Waals surface area contributed by atoms with Crippen molar-refractivity contribution in [3.63, 3.8) is 0 Å². The molecule has 2 aliphatic rings. The lowest BCUT2D eigenvalue weighted by Gasteiger charge is -2.32. The van der Waals surface area contributed by atoms with Crippen LogP contribution >= 0.6 is 0 Å². The molecule has 0 bridgehead atoms. The van der Waals surface area contributed by atoms with Crippen LogP contribution in [0.15, 0.2) is 4.52 Å². The predicted octanol–water partition coefficient (Wildman–Crippen LogP) is 5.70. The van der Waals surface area contributed by atoms with E-state index in [4.69, 9.17) is 9.26 Å². The Kier molecular flexibility index (Phi) is 9.74. The number of hydrogen-bond donors (Lipinski definition) is 2. The number of carboxylic acids is 1. The summed E-state index contributed by atoms with van der Waals surface area (Å²) in [5.74, 6) is 0.292. The Bertz CT molecular complexity index is 715. The Balaban J connectivity index is 1.62. The Labute approximate surface area is 199 Å². The minimum Gasteiger partial charge on any atom is -0.481 e. The first-order chi connectivity index (χ1) is 15.8. The molecule has 0 spiro atoms. The Morgan fingerprint density at radius 2 is 1.85 bits per heavy atom. The average Bonchev–Trinajstić information content (AvgIpc) is 3.26. The minimum atomic E-state index is -0.780. The van der Waals surface area contributed by atoms with Crippen LogP contribution in [0, 0.1) is 17.3 Å². The van der Waals surface area contributed by atoms with Crippen molar-refractivity contribution in [3.8, 4) is 0 Å². The summed E-state index contributed by atoms with van der Waals surface area (Å²) >= 11 is 0. The maximum Gasteiger partial charge on any atom is 0.307 e. The van der Waals surface area contributed by atoms with Crippen molar-refractivity contribution in [2.24, 2.45) is 17.3 Å². The Morgan fingerprint density at radius 3 is 2.45 bits per heavy atom. The summed E-state index contributed by atoms with van der Waals surface area (Å²) in [7, 11) is 1.78. The van der Waals surface area contributed by atoms with Crippen LogP contribution in [0.25, 0.3) is 0 Å². The number of ether oxygens (including phenoxy) is 1. The zero-order chi connectivity index (χ0) is 23.8. The van der Waals surface area contributed by atoms with Gasteiger partial charge in [0.2, 0.25) is 5.89 Å². The van der Waals surface area contributed by atoms with E-state index in [0.717, 1.165) is 44.4 Å². The summed E-state index contributed by atoms with van der Waals surface area (Å²) < 4.78 is 11.1. The van der Waals surface area contributed by atoms with Crippen molar-refractivity contribution in [2.45, 2.75) is 122 Å². The highest BCUT2D eigenvalue weighted by molar-refractivity contribution is 5.72. The van der Waals surface area contributed by atoms with Crippen LogP contribution < -0.4 is 5.32 Å². The van der Waals surface area contributed by atoms with E-state index in [9.17, 15) is 9.90 Å². The maximum atomic E-state index is 12.3. The molecule has 2 fully saturated rings. The summed E-state index contributed by atoms with van der Waals surface area (Å²) in [4.78, 5) is 17.0. The fourth-order valence-electron chi connectivity index (χ4n) is 5.91. The highest BCUT2D eigenvalue weighted by Crippen LogP contribution is 2.41. The third-order valence-corrected chi connectivity index (χ3v) is 7.81. The molecule has 188 valence electrons. The van der Waals surface area contributed by atoms with Gasteiger partial charge < -0.3 is 19.7 Å². The topological polar surface area (TPSA) is 97.5 Å². The van der Waals surface area contributed by atoms with Gasteiger partial charge in [0.05, 0.1) is 24.5 Å². The third-order valence-electron chi connectivity index (χ3n) is 7.81. The molecule has 7 nitrogen and oxygen atoms in total. The summed E-state index contributed by atoms with van der Waals surface area (Å²) in [6.45, 7) is 6.53. The van der Waals surface area contributed by atoms with Gasteiger partial charge in [0.25, 0.3) is 0 Å². The van der Waals surface area contributed by atoms with Crippen molar-refractivity contribution in [1.29, 1.82) is 0 Å². The quantitative estimate of drug-likeness (QED) is 0.434. The first-order valence-corrected chi connectivity index (χ1v) is 13.1. The van der Waals surface area contributed by atoms with E-state index in [1.165, 1.54) is 38.5 Å². The molecule has 3 rings (SSSR count). The highest BCUT2D eigenvalue weighted by atomic mass is 16.5. The van der Waals surface area contributed by atoms with Gasteiger partial charge in [-0.15, -0.1) is 0 Å². The molecule has 1 heterocycles. The van der Waals surface area contributed by atoms with Crippen LogP contribution in [-0.2, 0) is 16.1 Å². The van der Waals surface area contributed by atoms with Crippen molar-refractivity contribution in [3.05, 3.63) is 11.7 Å². The molecule has 1 aromatic heterocycles. The number of methoxy groups -OCH3 is 1. The Morgan fingerprint density at radius 1 is 1.15 bits per heavy atom. The zero-order valence-corrected chi connectivity index (χ0v) is 21.1. The molecule has 2 aliphatic carbocycles. The maximum absolute atomic E-state index is 12.3. The lowest BCUT2D eigenvalue weighted by Crippen LogP contribution is -2.35. The Hall–Kier alpha value is -1.47. The molecule has 0 aromatic carbocycles. The van der Waals surface area contributed by atoms with Gasteiger partial charge in [0, 0.05) is 13.2 Å². The minimum absolute atomic E-state index is 0.260. The first-order valence-electron chi connectivity index (χ1n) is 13.1. The van der Waals surface area contributed by atoms with Crippen molar-refractivity contribution in [1.82, 2.24) is 15.5 Å². The molecule has 1 unspecified atom stereocenters. The lowest BCUT2D eigenvalue weighted by atomic mass is 9.71. The van der Waals surface area contributed by atoms with Crippen LogP contribution in [0.1, 0.15) is 115 Å². The fourth-order valence-corrected chi connectivity index (χ4v) is 5.91. The molecule has 0 aliphatic heterocycles. The molecule has 2 atom stereocenters. The van der Waals surface area contributed by atoms with Gasteiger partial charge in [0.15, 0.2) is 5.82 Å². The van der Waals surface area contributed by atoms with Crippen LogP contribution in [0.3, 0.4) is 0 Å². The number of hydrogen-bond acceptors (Lipinski definition) is 6. The summed E-state index contributed by atoms with van der Waals surface area (Å²) in [6, 6.07) is 0.436. The molecule has 2 N–H and O–H groups in total. The van der Waals surface area contributed by atoms with Gasteiger partial charge in [-0.1, -0.05) is 70.9 Å². The average molecular weight is 464 g/mol. The van der Waals surface area contributed by atoms with Gasteiger partial charge >= 0.3 is 5.97 Å². The van der Waals surface area contributed by atoms with E-state index >= 15 is 0 Å². The molecule has 0 radical (unpaired) electrons. The number of carbonyl (C=O) groups is 1. The molecule has 0 saturated heterocycles.